The number of aliphatic imine (C=N–C) groups is 1. The maximum Gasteiger partial charge on any atom is 0.286 e. The summed E-state index contributed by atoms with van der Waals surface area (Å²) in [5, 5.41) is 12.1. The first-order valence-electron chi connectivity index (χ1n) is 5.14. The van der Waals surface area contributed by atoms with Crippen molar-refractivity contribution in [2.75, 3.05) is 0 Å². The van der Waals surface area contributed by atoms with E-state index < -0.39 is 5.91 Å². The van der Waals surface area contributed by atoms with E-state index in [1.54, 1.807) is 24.3 Å². The van der Waals surface area contributed by atoms with Crippen molar-refractivity contribution >= 4 is 34.8 Å². The molecule has 0 spiro atoms. The quantitative estimate of drug-likeness (QED) is 0.752. The number of aromatic hydroxyl groups is 1. The van der Waals surface area contributed by atoms with Crippen LogP contribution in [0, 0.1) is 0 Å². The first-order chi connectivity index (χ1) is 8.54. The summed E-state index contributed by atoms with van der Waals surface area (Å²) in [7, 11) is 0. The van der Waals surface area contributed by atoms with Crippen LogP contribution in [0.5, 0.6) is 5.75 Å². The summed E-state index contributed by atoms with van der Waals surface area (Å²) in [6.07, 6.45) is 1.62. The second kappa shape index (κ2) is 5.05. The van der Waals surface area contributed by atoms with Gasteiger partial charge in [0.05, 0.1) is 4.91 Å². The minimum atomic E-state index is -0.396. The molecular formula is C12H10N2O3S. The number of amides is 2. The number of carbonyl (C=O) groups excluding carboxylic acids is 2. The Bertz CT molecular complexity index is 578. The Hall–Kier alpha value is -2.08. The average Bonchev–Trinajstić information content (AvgIpc) is 2.58. The van der Waals surface area contributed by atoms with E-state index in [0.29, 0.717) is 10.5 Å². The number of phenolic OH excluding ortho intramolecular Hbond substituents is 1. The highest BCUT2D eigenvalue weighted by Gasteiger charge is 2.22. The van der Waals surface area contributed by atoms with E-state index in [0.717, 1.165) is 11.8 Å². The summed E-state index contributed by atoms with van der Waals surface area (Å²) in [5.41, 5.74) is 0.699. The van der Waals surface area contributed by atoms with Gasteiger partial charge >= 0.3 is 0 Å². The lowest BCUT2D eigenvalue weighted by atomic mass is 10.2. The molecule has 1 aliphatic rings. The van der Waals surface area contributed by atoms with E-state index in [2.05, 4.69) is 10.3 Å². The zero-order valence-corrected chi connectivity index (χ0v) is 10.3. The second-order valence-corrected chi connectivity index (χ2v) is 4.64. The number of nitrogens with one attached hydrogen (secondary N) is 1. The number of hydrogen-bond donors (Lipinski definition) is 2. The van der Waals surface area contributed by atoms with Crippen molar-refractivity contribution < 1.29 is 14.7 Å². The zero-order chi connectivity index (χ0) is 13.1. The van der Waals surface area contributed by atoms with Crippen molar-refractivity contribution in [2.45, 2.75) is 6.92 Å². The van der Waals surface area contributed by atoms with Gasteiger partial charge in [0.1, 0.15) is 5.75 Å². The van der Waals surface area contributed by atoms with E-state index in [9.17, 15) is 14.7 Å². The largest absolute Gasteiger partial charge is 0.508 e. The molecule has 6 heteroatoms. The number of thioether (sulfide) groups is 1. The van der Waals surface area contributed by atoms with Crippen molar-refractivity contribution in [1.82, 2.24) is 5.32 Å². The molecule has 2 amide bonds. The lowest BCUT2D eigenvalue weighted by Gasteiger charge is -1.98. The molecule has 0 radical (unpaired) electrons. The summed E-state index contributed by atoms with van der Waals surface area (Å²) < 4.78 is 0. The Kier molecular flexibility index (Phi) is 3.47. The molecule has 0 saturated carbocycles. The monoisotopic (exact) mass is 262 g/mol. The van der Waals surface area contributed by atoms with Crippen LogP contribution in [0.1, 0.15) is 12.5 Å². The van der Waals surface area contributed by atoms with Crippen LogP contribution in [0.15, 0.2) is 34.2 Å². The van der Waals surface area contributed by atoms with Gasteiger partial charge in [-0.25, -0.2) is 0 Å². The minimum Gasteiger partial charge on any atom is -0.508 e. The third-order valence-corrected chi connectivity index (χ3v) is 2.97. The molecule has 2 N–H and O–H groups in total. The fourth-order valence-electron chi connectivity index (χ4n) is 1.38. The van der Waals surface area contributed by atoms with E-state index in [4.69, 9.17) is 0 Å². The van der Waals surface area contributed by atoms with Crippen molar-refractivity contribution in [2.24, 2.45) is 4.99 Å². The molecule has 0 bridgehead atoms. The SMILES string of the molecule is CC(=O)NC1=NC(=O)/C(=C/c2cccc(O)c2)S1. The predicted octanol–water partition coefficient (Wildman–Crippen LogP) is 1.50. The number of amidine groups is 1. The Morgan fingerprint density at radius 3 is 2.94 bits per heavy atom. The summed E-state index contributed by atoms with van der Waals surface area (Å²) in [4.78, 5) is 26.5. The lowest BCUT2D eigenvalue weighted by molar-refractivity contribution is -0.117. The normalized spacial score (nSPS) is 16.8. The second-order valence-electron chi connectivity index (χ2n) is 3.61. The van der Waals surface area contributed by atoms with Gasteiger partial charge in [-0.3, -0.25) is 9.59 Å². The Balaban J connectivity index is 2.17. The van der Waals surface area contributed by atoms with Crippen LogP contribution in [-0.4, -0.2) is 22.1 Å². The molecule has 18 heavy (non-hydrogen) atoms. The Morgan fingerprint density at radius 1 is 1.50 bits per heavy atom. The molecule has 1 aromatic carbocycles. The molecule has 2 rings (SSSR count). The number of rotatable bonds is 1. The van der Waals surface area contributed by atoms with Crippen LogP contribution in [0.4, 0.5) is 0 Å². The van der Waals surface area contributed by atoms with Crippen molar-refractivity contribution in [3.63, 3.8) is 0 Å². The first-order valence-corrected chi connectivity index (χ1v) is 5.95. The van der Waals surface area contributed by atoms with Crippen molar-refractivity contribution in [1.29, 1.82) is 0 Å². The fraction of sp³-hybridized carbons (Fsp3) is 0.0833. The number of carbonyl (C=O) groups is 2. The van der Waals surface area contributed by atoms with Crippen LogP contribution in [0.2, 0.25) is 0 Å². The first kappa shape index (κ1) is 12.4. The van der Waals surface area contributed by atoms with Gasteiger partial charge in [-0.2, -0.15) is 4.99 Å². The van der Waals surface area contributed by atoms with Crippen LogP contribution in [-0.2, 0) is 9.59 Å². The van der Waals surface area contributed by atoms with Gasteiger partial charge in [-0.15, -0.1) is 0 Å². The van der Waals surface area contributed by atoms with E-state index in [1.165, 1.54) is 13.0 Å². The summed E-state index contributed by atoms with van der Waals surface area (Å²) in [6, 6.07) is 6.53. The van der Waals surface area contributed by atoms with Gasteiger partial charge in [-0.1, -0.05) is 12.1 Å². The number of hydrogen-bond acceptors (Lipinski definition) is 4. The molecule has 0 aromatic heterocycles. The van der Waals surface area contributed by atoms with E-state index >= 15 is 0 Å². The number of nitrogens with zero attached hydrogens (tertiary/aromatic N) is 1. The predicted molar refractivity (Wildman–Crippen MR) is 69.9 cm³/mol. The maximum atomic E-state index is 11.6. The fourth-order valence-corrected chi connectivity index (χ4v) is 2.24. The zero-order valence-electron chi connectivity index (χ0n) is 9.51. The molecule has 0 aliphatic carbocycles. The topological polar surface area (TPSA) is 78.8 Å². The lowest BCUT2D eigenvalue weighted by Crippen LogP contribution is -2.23. The van der Waals surface area contributed by atoms with Gasteiger partial charge < -0.3 is 10.4 Å². The standard InChI is InChI=1S/C12H10N2O3S/c1-7(15)13-12-14-11(17)10(18-12)6-8-3-2-4-9(16)5-8/h2-6,16H,1H3,(H,13,14,15,17)/b10-6-. The molecule has 0 atom stereocenters. The maximum absolute atomic E-state index is 11.6. The Morgan fingerprint density at radius 2 is 2.28 bits per heavy atom. The van der Waals surface area contributed by atoms with E-state index in [1.807, 2.05) is 0 Å². The third kappa shape index (κ3) is 2.98. The number of phenols is 1. The smallest absolute Gasteiger partial charge is 0.286 e. The number of benzene rings is 1. The summed E-state index contributed by atoms with van der Waals surface area (Å²) >= 11 is 1.10. The molecule has 1 aromatic rings. The Labute approximate surface area is 108 Å². The molecule has 0 fully saturated rings. The molecule has 1 aliphatic heterocycles. The highest BCUT2D eigenvalue weighted by molar-refractivity contribution is 8.18. The van der Waals surface area contributed by atoms with Crippen LogP contribution in [0.3, 0.4) is 0 Å². The summed E-state index contributed by atoms with van der Waals surface area (Å²) in [5.74, 6) is -0.539. The highest BCUT2D eigenvalue weighted by atomic mass is 32.2. The minimum absolute atomic E-state index is 0.128. The molecule has 92 valence electrons. The van der Waals surface area contributed by atoms with Crippen LogP contribution in [0.25, 0.3) is 6.08 Å². The van der Waals surface area contributed by atoms with Gasteiger partial charge in [0.25, 0.3) is 5.91 Å². The van der Waals surface area contributed by atoms with Gasteiger partial charge in [0.2, 0.25) is 5.91 Å². The third-order valence-electron chi connectivity index (χ3n) is 2.07. The van der Waals surface area contributed by atoms with Gasteiger partial charge in [-0.05, 0) is 35.5 Å². The van der Waals surface area contributed by atoms with E-state index in [-0.39, 0.29) is 16.8 Å². The highest BCUT2D eigenvalue weighted by Crippen LogP contribution is 2.28. The van der Waals surface area contributed by atoms with Gasteiger partial charge in [0.15, 0.2) is 5.17 Å². The molecule has 0 unspecified atom stereocenters. The van der Waals surface area contributed by atoms with Crippen molar-refractivity contribution in [3.05, 3.63) is 34.7 Å². The molecule has 0 saturated heterocycles. The van der Waals surface area contributed by atoms with Crippen LogP contribution >= 0.6 is 11.8 Å². The summed E-state index contributed by atoms with van der Waals surface area (Å²) in [6.45, 7) is 1.35. The van der Waals surface area contributed by atoms with Gasteiger partial charge in [0, 0.05) is 6.92 Å². The average molecular weight is 262 g/mol. The molecule has 5 nitrogen and oxygen atoms in total. The molecular weight excluding hydrogens is 252 g/mol. The van der Waals surface area contributed by atoms with Crippen LogP contribution < -0.4 is 5.32 Å². The molecule has 1 heterocycles. The van der Waals surface area contributed by atoms with Crippen molar-refractivity contribution in [3.8, 4) is 5.75 Å².